The van der Waals surface area contributed by atoms with Gasteiger partial charge in [-0.25, -0.2) is 8.42 Å². The zero-order chi connectivity index (χ0) is 14.3. The second kappa shape index (κ2) is 5.06. The van der Waals surface area contributed by atoms with Gasteiger partial charge in [0.1, 0.15) is 6.54 Å². The van der Waals surface area contributed by atoms with Gasteiger partial charge in [0.05, 0.1) is 4.90 Å². The quantitative estimate of drug-likeness (QED) is 0.829. The number of rotatable bonds is 4. The van der Waals surface area contributed by atoms with Crippen LogP contribution in [0.2, 0.25) is 0 Å². The molecular formula is C11H11BrF3NO2S. The van der Waals surface area contributed by atoms with Crippen LogP contribution in [0.25, 0.3) is 0 Å². The van der Waals surface area contributed by atoms with Gasteiger partial charge in [-0.3, -0.25) is 0 Å². The van der Waals surface area contributed by atoms with E-state index < -0.39 is 28.8 Å². The molecule has 1 aliphatic rings. The standard InChI is InChI=1S/C11H11BrF3NO2S/c12-8-2-1-3-10(6-8)19(17,18)16(9-4-5-9)7-11(13,14)15/h1-3,6,9H,4-5,7H2. The van der Waals surface area contributed by atoms with Crippen LogP contribution in [0.4, 0.5) is 13.2 Å². The second-order valence-electron chi connectivity index (χ2n) is 4.35. The number of alkyl halides is 3. The maximum atomic E-state index is 12.5. The lowest BCUT2D eigenvalue weighted by Gasteiger charge is -2.23. The molecule has 1 saturated carbocycles. The van der Waals surface area contributed by atoms with Gasteiger partial charge < -0.3 is 0 Å². The summed E-state index contributed by atoms with van der Waals surface area (Å²) in [6.45, 7) is -1.44. The van der Waals surface area contributed by atoms with E-state index in [9.17, 15) is 21.6 Å². The normalized spacial score (nSPS) is 16.9. The Hall–Kier alpha value is -0.600. The first-order chi connectivity index (χ1) is 8.70. The Morgan fingerprint density at radius 2 is 1.95 bits per heavy atom. The summed E-state index contributed by atoms with van der Waals surface area (Å²) >= 11 is 3.11. The van der Waals surface area contributed by atoms with Gasteiger partial charge in [-0.05, 0) is 31.0 Å². The molecular weight excluding hydrogens is 347 g/mol. The average Bonchev–Trinajstić information content (AvgIpc) is 3.08. The summed E-state index contributed by atoms with van der Waals surface area (Å²) < 4.78 is 63.1. The van der Waals surface area contributed by atoms with E-state index in [0.717, 1.165) is 0 Å². The molecule has 0 N–H and O–H groups in total. The Bertz CT molecular complexity index is 570. The Morgan fingerprint density at radius 1 is 1.32 bits per heavy atom. The van der Waals surface area contributed by atoms with Gasteiger partial charge in [-0.15, -0.1) is 0 Å². The molecule has 0 saturated heterocycles. The van der Waals surface area contributed by atoms with Crippen LogP contribution in [0.1, 0.15) is 12.8 Å². The molecule has 0 heterocycles. The SMILES string of the molecule is O=S(=O)(c1cccc(Br)c1)N(CC(F)(F)F)C1CC1. The van der Waals surface area contributed by atoms with Crippen LogP contribution in [-0.2, 0) is 10.0 Å². The van der Waals surface area contributed by atoms with Crippen LogP contribution < -0.4 is 0 Å². The van der Waals surface area contributed by atoms with Crippen molar-refractivity contribution in [1.82, 2.24) is 4.31 Å². The van der Waals surface area contributed by atoms with Crippen LogP contribution in [0, 0.1) is 0 Å². The van der Waals surface area contributed by atoms with Crippen molar-refractivity contribution in [2.75, 3.05) is 6.54 Å². The van der Waals surface area contributed by atoms with Crippen molar-refractivity contribution in [2.45, 2.75) is 30.0 Å². The smallest absolute Gasteiger partial charge is 0.207 e. The molecule has 19 heavy (non-hydrogen) atoms. The second-order valence-corrected chi connectivity index (χ2v) is 7.16. The molecule has 0 amide bonds. The number of sulfonamides is 1. The van der Waals surface area contributed by atoms with Crippen molar-refractivity contribution in [2.24, 2.45) is 0 Å². The first-order valence-electron chi connectivity index (χ1n) is 5.54. The lowest BCUT2D eigenvalue weighted by molar-refractivity contribution is -0.137. The van der Waals surface area contributed by atoms with E-state index in [0.29, 0.717) is 21.6 Å². The largest absolute Gasteiger partial charge is 0.402 e. The Balaban J connectivity index is 2.35. The molecule has 2 rings (SSSR count). The van der Waals surface area contributed by atoms with Crippen molar-refractivity contribution in [3.05, 3.63) is 28.7 Å². The minimum Gasteiger partial charge on any atom is -0.207 e. The van der Waals surface area contributed by atoms with E-state index >= 15 is 0 Å². The number of hydrogen-bond donors (Lipinski definition) is 0. The van der Waals surface area contributed by atoms with Crippen molar-refractivity contribution < 1.29 is 21.6 Å². The predicted molar refractivity (Wildman–Crippen MR) is 67.1 cm³/mol. The zero-order valence-electron chi connectivity index (χ0n) is 9.69. The summed E-state index contributed by atoms with van der Waals surface area (Å²) in [5.74, 6) is 0. The van der Waals surface area contributed by atoms with Gasteiger partial charge in [0.15, 0.2) is 0 Å². The molecule has 1 aromatic carbocycles. The molecule has 106 valence electrons. The minimum absolute atomic E-state index is 0.127. The van der Waals surface area contributed by atoms with E-state index in [-0.39, 0.29) is 4.90 Å². The van der Waals surface area contributed by atoms with E-state index in [4.69, 9.17) is 0 Å². The van der Waals surface area contributed by atoms with Crippen LogP contribution in [0.3, 0.4) is 0 Å². The first kappa shape index (κ1) is 14.8. The Labute approximate surface area is 117 Å². The monoisotopic (exact) mass is 357 g/mol. The lowest BCUT2D eigenvalue weighted by Crippen LogP contribution is -2.40. The molecule has 1 aliphatic carbocycles. The highest BCUT2D eigenvalue weighted by molar-refractivity contribution is 9.10. The third kappa shape index (κ3) is 3.70. The van der Waals surface area contributed by atoms with E-state index in [1.165, 1.54) is 18.2 Å². The van der Waals surface area contributed by atoms with Crippen LogP contribution in [-0.4, -0.2) is 31.5 Å². The average molecular weight is 358 g/mol. The van der Waals surface area contributed by atoms with Crippen molar-refractivity contribution in [3.8, 4) is 0 Å². The molecule has 0 unspecified atom stereocenters. The molecule has 8 heteroatoms. The van der Waals surface area contributed by atoms with Crippen molar-refractivity contribution >= 4 is 26.0 Å². The van der Waals surface area contributed by atoms with Crippen molar-refractivity contribution in [1.29, 1.82) is 0 Å². The number of halogens is 4. The maximum Gasteiger partial charge on any atom is 0.402 e. The minimum atomic E-state index is -4.54. The molecule has 0 bridgehead atoms. The molecule has 0 atom stereocenters. The van der Waals surface area contributed by atoms with Crippen LogP contribution >= 0.6 is 15.9 Å². The summed E-state index contributed by atoms with van der Waals surface area (Å²) in [6.07, 6.45) is -3.59. The van der Waals surface area contributed by atoms with Gasteiger partial charge in [-0.2, -0.15) is 17.5 Å². The molecule has 1 aromatic rings. The maximum absolute atomic E-state index is 12.5. The van der Waals surface area contributed by atoms with Crippen LogP contribution in [0.5, 0.6) is 0 Å². The third-order valence-corrected chi connectivity index (χ3v) is 5.08. The summed E-state index contributed by atoms with van der Waals surface area (Å²) in [6, 6.07) is 5.16. The highest BCUT2D eigenvalue weighted by Crippen LogP contribution is 2.35. The molecule has 0 spiro atoms. The zero-order valence-corrected chi connectivity index (χ0v) is 12.1. The van der Waals surface area contributed by atoms with E-state index in [1.807, 2.05) is 0 Å². The Morgan fingerprint density at radius 3 is 2.42 bits per heavy atom. The summed E-state index contributed by atoms with van der Waals surface area (Å²) in [5.41, 5.74) is 0. The molecule has 3 nitrogen and oxygen atoms in total. The summed E-state index contributed by atoms with van der Waals surface area (Å²) in [4.78, 5) is -0.127. The van der Waals surface area contributed by atoms with E-state index in [2.05, 4.69) is 15.9 Å². The first-order valence-corrected chi connectivity index (χ1v) is 7.77. The molecule has 0 aliphatic heterocycles. The fraction of sp³-hybridized carbons (Fsp3) is 0.455. The van der Waals surface area contributed by atoms with Gasteiger partial charge >= 0.3 is 6.18 Å². The lowest BCUT2D eigenvalue weighted by atomic mass is 10.4. The highest BCUT2D eigenvalue weighted by atomic mass is 79.9. The van der Waals surface area contributed by atoms with Gasteiger partial charge in [-0.1, -0.05) is 22.0 Å². The topological polar surface area (TPSA) is 37.4 Å². The highest BCUT2D eigenvalue weighted by Gasteiger charge is 2.44. The molecule has 1 fully saturated rings. The summed E-state index contributed by atoms with van der Waals surface area (Å²) in [5, 5.41) is 0. The number of hydrogen-bond acceptors (Lipinski definition) is 2. The van der Waals surface area contributed by atoms with Gasteiger partial charge in [0, 0.05) is 10.5 Å². The van der Waals surface area contributed by atoms with Gasteiger partial charge in [0.25, 0.3) is 0 Å². The molecule has 0 aromatic heterocycles. The van der Waals surface area contributed by atoms with Crippen LogP contribution in [0.15, 0.2) is 33.6 Å². The van der Waals surface area contributed by atoms with E-state index in [1.54, 1.807) is 6.07 Å². The number of benzene rings is 1. The van der Waals surface area contributed by atoms with Gasteiger partial charge in [0.2, 0.25) is 10.0 Å². The summed E-state index contributed by atoms with van der Waals surface area (Å²) in [7, 11) is -4.11. The third-order valence-electron chi connectivity index (χ3n) is 2.69. The fourth-order valence-electron chi connectivity index (χ4n) is 1.71. The number of nitrogens with zero attached hydrogens (tertiary/aromatic N) is 1. The Kier molecular flexibility index (Phi) is 3.95. The fourth-order valence-corrected chi connectivity index (χ4v) is 3.98. The predicted octanol–water partition coefficient (Wildman–Crippen LogP) is 3.16. The molecule has 0 radical (unpaired) electrons. The van der Waals surface area contributed by atoms with Crippen molar-refractivity contribution in [3.63, 3.8) is 0 Å².